The van der Waals surface area contributed by atoms with Crippen LogP contribution in [0.2, 0.25) is 0 Å². The lowest BCUT2D eigenvalue weighted by Crippen LogP contribution is -2.37. The Morgan fingerprint density at radius 2 is 2.06 bits per heavy atom. The number of amides is 1. The summed E-state index contributed by atoms with van der Waals surface area (Å²) < 4.78 is 0. The molecular weight excluding hydrogens is 248 g/mol. The number of benzene rings is 1. The highest BCUT2D eigenvalue weighted by molar-refractivity contribution is 5.86. The van der Waals surface area contributed by atoms with Crippen molar-refractivity contribution in [1.82, 2.24) is 10.2 Å². The molecule has 0 saturated carbocycles. The molecule has 0 bridgehead atoms. The highest BCUT2D eigenvalue weighted by Crippen LogP contribution is 2.46. The predicted molar refractivity (Wildman–Crippen MR) is 74.0 cm³/mol. The third kappa shape index (κ3) is 1.82. The number of likely N-dealkylation sites (tertiary alicyclic amines) is 1. The maximum Gasteiger partial charge on any atom is 0.230 e. The molecule has 0 unspecified atom stereocenters. The maximum atomic E-state index is 12.4. The molecule has 0 aliphatic carbocycles. The molecule has 3 nitrogen and oxygen atoms in total. The molecule has 0 aromatic heterocycles. The van der Waals surface area contributed by atoms with E-state index in [4.69, 9.17) is 0 Å². The van der Waals surface area contributed by atoms with E-state index in [1.165, 1.54) is 5.56 Å². The van der Waals surface area contributed by atoms with Crippen molar-refractivity contribution < 1.29 is 4.79 Å². The quantitative estimate of drug-likeness (QED) is 0.838. The first kappa shape index (κ1) is 13.4. The van der Waals surface area contributed by atoms with Gasteiger partial charge in [-0.3, -0.25) is 4.79 Å². The minimum Gasteiger partial charge on any atom is -0.345 e. The number of nitrogens with one attached hydrogen (secondary N) is 1. The van der Waals surface area contributed by atoms with Crippen LogP contribution < -0.4 is 5.32 Å². The summed E-state index contributed by atoms with van der Waals surface area (Å²) in [6.45, 7) is 2.64. The average Bonchev–Trinajstić information content (AvgIpc) is 2.91. The van der Waals surface area contributed by atoms with Gasteiger partial charge >= 0.3 is 0 Å². The molecule has 2 saturated heterocycles. The summed E-state index contributed by atoms with van der Waals surface area (Å²) in [6, 6.07) is 10.4. The lowest BCUT2D eigenvalue weighted by Gasteiger charge is -2.28. The summed E-state index contributed by atoms with van der Waals surface area (Å²) >= 11 is 0. The van der Waals surface area contributed by atoms with Crippen molar-refractivity contribution in [3.8, 4) is 0 Å². The number of carbonyl (C=O) groups excluding carboxylic acids is 1. The highest BCUT2D eigenvalue weighted by atomic mass is 35.5. The van der Waals surface area contributed by atoms with Gasteiger partial charge in [0.05, 0.1) is 5.41 Å². The predicted octanol–water partition coefficient (Wildman–Crippen LogP) is 1.64. The van der Waals surface area contributed by atoms with Crippen molar-refractivity contribution in [2.45, 2.75) is 12.3 Å². The van der Waals surface area contributed by atoms with Gasteiger partial charge in [-0.15, -0.1) is 12.4 Å². The number of hydrogen-bond acceptors (Lipinski definition) is 2. The van der Waals surface area contributed by atoms with E-state index in [0.717, 1.165) is 26.1 Å². The second-order valence-corrected chi connectivity index (χ2v) is 5.23. The molecule has 4 heteroatoms. The Morgan fingerprint density at radius 1 is 1.33 bits per heavy atom. The summed E-state index contributed by atoms with van der Waals surface area (Å²) in [5.41, 5.74) is 1.11. The molecular formula is C14H19ClN2O. The molecule has 0 radical (unpaired) electrons. The first-order valence-corrected chi connectivity index (χ1v) is 6.25. The summed E-state index contributed by atoms with van der Waals surface area (Å²) in [5.74, 6) is 0.650. The van der Waals surface area contributed by atoms with Crippen LogP contribution in [0.5, 0.6) is 0 Å². The van der Waals surface area contributed by atoms with Crippen LogP contribution in [-0.4, -0.2) is 37.5 Å². The summed E-state index contributed by atoms with van der Waals surface area (Å²) in [6.07, 6.45) is 0.981. The van der Waals surface area contributed by atoms with Gasteiger partial charge in [0.25, 0.3) is 0 Å². The monoisotopic (exact) mass is 266 g/mol. The van der Waals surface area contributed by atoms with Crippen LogP contribution in [0.4, 0.5) is 0 Å². The number of carbonyl (C=O) groups is 1. The van der Waals surface area contributed by atoms with E-state index in [9.17, 15) is 4.79 Å². The van der Waals surface area contributed by atoms with Crippen LogP contribution in [0, 0.1) is 5.41 Å². The molecule has 3 rings (SSSR count). The Balaban J connectivity index is 0.00000120. The van der Waals surface area contributed by atoms with Gasteiger partial charge in [0.1, 0.15) is 0 Å². The number of halogens is 1. The van der Waals surface area contributed by atoms with E-state index in [1.54, 1.807) is 0 Å². The minimum absolute atomic E-state index is 0. The minimum atomic E-state index is -0.184. The Hall–Kier alpha value is -1.06. The Kier molecular flexibility index (Phi) is 3.64. The highest BCUT2D eigenvalue weighted by Gasteiger charge is 2.53. The zero-order chi connectivity index (χ0) is 11.9. The van der Waals surface area contributed by atoms with Crippen LogP contribution in [0.15, 0.2) is 30.3 Å². The van der Waals surface area contributed by atoms with Gasteiger partial charge < -0.3 is 10.2 Å². The zero-order valence-electron chi connectivity index (χ0n) is 10.6. The van der Waals surface area contributed by atoms with E-state index >= 15 is 0 Å². The second-order valence-electron chi connectivity index (χ2n) is 5.23. The fourth-order valence-electron chi connectivity index (χ4n) is 3.32. The first-order chi connectivity index (χ1) is 8.24. The Labute approximate surface area is 114 Å². The second kappa shape index (κ2) is 4.90. The molecule has 2 atom stereocenters. The van der Waals surface area contributed by atoms with Gasteiger partial charge in [-0.1, -0.05) is 30.3 Å². The van der Waals surface area contributed by atoms with E-state index in [1.807, 2.05) is 18.0 Å². The van der Waals surface area contributed by atoms with Crippen LogP contribution in [0.3, 0.4) is 0 Å². The van der Waals surface area contributed by atoms with Gasteiger partial charge in [0.2, 0.25) is 5.91 Å². The average molecular weight is 267 g/mol. The lowest BCUT2D eigenvalue weighted by atomic mass is 9.73. The number of nitrogens with zero attached hydrogens (tertiary/aromatic N) is 1. The molecule has 98 valence electrons. The van der Waals surface area contributed by atoms with Crippen molar-refractivity contribution in [2.24, 2.45) is 5.41 Å². The molecule has 1 aromatic rings. The third-order valence-corrected chi connectivity index (χ3v) is 4.32. The van der Waals surface area contributed by atoms with Crippen molar-refractivity contribution in [1.29, 1.82) is 0 Å². The zero-order valence-corrected chi connectivity index (χ0v) is 11.4. The van der Waals surface area contributed by atoms with Gasteiger partial charge in [0.15, 0.2) is 0 Å². The van der Waals surface area contributed by atoms with E-state index in [-0.39, 0.29) is 17.8 Å². The molecule has 1 aromatic carbocycles. The summed E-state index contributed by atoms with van der Waals surface area (Å²) in [7, 11) is 1.91. The fraction of sp³-hybridized carbons (Fsp3) is 0.500. The molecule has 2 aliphatic rings. The topological polar surface area (TPSA) is 32.3 Å². The van der Waals surface area contributed by atoms with Crippen molar-refractivity contribution in [2.75, 3.05) is 26.7 Å². The first-order valence-electron chi connectivity index (χ1n) is 6.25. The van der Waals surface area contributed by atoms with Crippen LogP contribution in [-0.2, 0) is 4.79 Å². The van der Waals surface area contributed by atoms with Crippen LogP contribution >= 0.6 is 12.4 Å². The van der Waals surface area contributed by atoms with Gasteiger partial charge in [0, 0.05) is 32.6 Å². The van der Waals surface area contributed by atoms with Crippen molar-refractivity contribution in [3.05, 3.63) is 35.9 Å². The smallest absolute Gasteiger partial charge is 0.230 e. The SMILES string of the molecule is CN1CC[C@@]2(CNC[C@@H]2c2ccccc2)C1=O.Cl. The molecule has 1 amide bonds. The van der Waals surface area contributed by atoms with E-state index in [2.05, 4.69) is 29.6 Å². The van der Waals surface area contributed by atoms with Gasteiger partial charge in [-0.25, -0.2) is 0 Å². The molecule has 1 N–H and O–H groups in total. The van der Waals surface area contributed by atoms with Gasteiger partial charge in [-0.05, 0) is 12.0 Å². The fourth-order valence-corrected chi connectivity index (χ4v) is 3.32. The van der Waals surface area contributed by atoms with E-state index < -0.39 is 0 Å². The lowest BCUT2D eigenvalue weighted by molar-refractivity contribution is -0.134. The standard InChI is InChI=1S/C14H18N2O.ClH/c1-16-8-7-14(13(16)17)10-15-9-12(14)11-5-3-2-4-6-11;/h2-6,12,15H,7-10H2,1H3;1H/t12-,14+;/m1./s1. The molecule has 2 aliphatic heterocycles. The molecule has 18 heavy (non-hydrogen) atoms. The summed E-state index contributed by atoms with van der Waals surface area (Å²) in [5, 5.41) is 3.41. The Morgan fingerprint density at radius 3 is 2.67 bits per heavy atom. The van der Waals surface area contributed by atoms with Gasteiger partial charge in [-0.2, -0.15) is 0 Å². The number of hydrogen-bond donors (Lipinski definition) is 1. The van der Waals surface area contributed by atoms with Crippen molar-refractivity contribution in [3.63, 3.8) is 0 Å². The summed E-state index contributed by atoms with van der Waals surface area (Å²) in [4.78, 5) is 14.3. The molecule has 2 fully saturated rings. The largest absolute Gasteiger partial charge is 0.345 e. The van der Waals surface area contributed by atoms with E-state index in [0.29, 0.717) is 11.8 Å². The van der Waals surface area contributed by atoms with Crippen LogP contribution in [0.1, 0.15) is 17.9 Å². The van der Waals surface area contributed by atoms with Crippen molar-refractivity contribution >= 4 is 18.3 Å². The third-order valence-electron chi connectivity index (χ3n) is 4.32. The van der Waals surface area contributed by atoms with Crippen LogP contribution in [0.25, 0.3) is 0 Å². The molecule has 2 heterocycles. The number of rotatable bonds is 1. The maximum absolute atomic E-state index is 12.4. The molecule has 1 spiro atoms. The normalized spacial score (nSPS) is 30.8. The Bertz CT molecular complexity index is 437.